The molecule has 0 spiro atoms. The zero-order valence-corrected chi connectivity index (χ0v) is 7.36. The van der Waals surface area contributed by atoms with E-state index in [1.54, 1.807) is 0 Å². The van der Waals surface area contributed by atoms with Gasteiger partial charge in [0.1, 0.15) is 0 Å². The smallest absolute Gasteiger partial charge is 0.317 e. The summed E-state index contributed by atoms with van der Waals surface area (Å²) in [6, 6.07) is -0.355. The number of aromatic nitrogens is 2. The minimum absolute atomic E-state index is 0.0874. The van der Waals surface area contributed by atoms with Crippen molar-refractivity contribution in [1.29, 1.82) is 0 Å². The zero-order chi connectivity index (χ0) is 9.42. The van der Waals surface area contributed by atoms with Gasteiger partial charge in [0, 0.05) is 18.7 Å². The van der Waals surface area contributed by atoms with E-state index in [2.05, 4.69) is 14.9 Å². The van der Waals surface area contributed by atoms with E-state index >= 15 is 0 Å². The highest BCUT2D eigenvalue weighted by Gasteiger charge is 2.19. The molecule has 1 aliphatic heterocycles. The Morgan fingerprint density at radius 3 is 2.85 bits per heavy atom. The van der Waals surface area contributed by atoms with Crippen LogP contribution in [0.3, 0.4) is 0 Å². The Kier molecular flexibility index (Phi) is 1.81. The number of hydrogen-bond donors (Lipinski definition) is 2. The molecule has 13 heavy (non-hydrogen) atoms. The third kappa shape index (κ3) is 1.42. The predicted molar refractivity (Wildman–Crippen MR) is 45.4 cm³/mol. The summed E-state index contributed by atoms with van der Waals surface area (Å²) in [6.45, 7) is 1.54. The van der Waals surface area contributed by atoms with E-state index in [0.717, 1.165) is 24.2 Å². The summed E-state index contributed by atoms with van der Waals surface area (Å²) in [6.07, 6.45) is 0.734. The number of nitrogens with zero attached hydrogens (tertiary/aromatic N) is 3. The van der Waals surface area contributed by atoms with Crippen LogP contribution in [0.25, 0.3) is 0 Å². The maximum Gasteiger partial charge on any atom is 0.317 e. The number of aromatic hydroxyl groups is 2. The molecule has 0 aromatic carbocycles. The maximum absolute atomic E-state index is 9.39. The van der Waals surface area contributed by atoms with Gasteiger partial charge in [-0.05, 0) is 13.5 Å². The molecular formula is C8H11N3O2. The molecule has 0 radical (unpaired) electrons. The van der Waals surface area contributed by atoms with E-state index in [0.29, 0.717) is 6.54 Å². The summed E-state index contributed by atoms with van der Waals surface area (Å²) in [4.78, 5) is 9.44. The Bertz CT molecular complexity index is 340. The van der Waals surface area contributed by atoms with Crippen molar-refractivity contribution in [2.45, 2.75) is 13.0 Å². The van der Waals surface area contributed by atoms with E-state index in [-0.39, 0.29) is 11.9 Å². The molecule has 0 fully saturated rings. The highest BCUT2D eigenvalue weighted by molar-refractivity contribution is 5.32. The number of likely N-dealkylation sites (N-methyl/N-ethyl adjacent to an activating group) is 1. The lowest BCUT2D eigenvalue weighted by Crippen LogP contribution is -2.27. The van der Waals surface area contributed by atoms with Gasteiger partial charge < -0.3 is 15.1 Å². The predicted octanol–water partition coefficient (Wildman–Crippen LogP) is -0.124. The average Bonchev–Trinajstić information content (AvgIpc) is 2.02. The highest BCUT2D eigenvalue weighted by Crippen LogP contribution is 2.24. The van der Waals surface area contributed by atoms with Crippen LogP contribution in [-0.4, -0.2) is 38.7 Å². The first-order valence-electron chi connectivity index (χ1n) is 4.13. The summed E-state index contributed by atoms with van der Waals surface area (Å²) in [5, 5.41) is 18.4. The molecular weight excluding hydrogens is 170 g/mol. The second kappa shape index (κ2) is 2.85. The molecule has 2 rings (SSSR count). The van der Waals surface area contributed by atoms with Crippen LogP contribution in [0.5, 0.6) is 11.9 Å². The molecule has 1 aliphatic rings. The number of fused-ring (bicyclic) bond motifs is 1. The van der Waals surface area contributed by atoms with E-state index in [1.807, 2.05) is 7.05 Å². The minimum Gasteiger partial charge on any atom is -0.493 e. The Morgan fingerprint density at radius 2 is 2.08 bits per heavy atom. The first kappa shape index (κ1) is 8.25. The molecule has 1 aromatic heterocycles. The summed E-state index contributed by atoms with van der Waals surface area (Å²) >= 11 is 0. The van der Waals surface area contributed by atoms with Gasteiger partial charge in [-0.2, -0.15) is 9.97 Å². The molecule has 0 bridgehead atoms. The van der Waals surface area contributed by atoms with Crippen LogP contribution in [0.2, 0.25) is 0 Å². The lowest BCUT2D eigenvalue weighted by Gasteiger charge is -2.23. The number of hydrogen-bond acceptors (Lipinski definition) is 5. The van der Waals surface area contributed by atoms with Gasteiger partial charge in [-0.1, -0.05) is 0 Å². The lowest BCUT2D eigenvalue weighted by molar-refractivity contribution is 0.294. The third-order valence-corrected chi connectivity index (χ3v) is 2.22. The van der Waals surface area contributed by atoms with E-state index < -0.39 is 0 Å². The normalized spacial score (nSPS) is 17.0. The quantitative estimate of drug-likeness (QED) is 0.583. The Balaban J connectivity index is 2.47. The molecule has 1 aromatic rings. The second-order valence-corrected chi connectivity index (χ2v) is 3.26. The van der Waals surface area contributed by atoms with E-state index in [1.165, 1.54) is 0 Å². The fourth-order valence-corrected chi connectivity index (χ4v) is 1.53. The van der Waals surface area contributed by atoms with Crippen molar-refractivity contribution >= 4 is 0 Å². The van der Waals surface area contributed by atoms with Crippen LogP contribution < -0.4 is 0 Å². The van der Waals surface area contributed by atoms with Crippen molar-refractivity contribution in [3.63, 3.8) is 0 Å². The minimum atomic E-state index is -0.355. The first-order chi connectivity index (χ1) is 6.16. The van der Waals surface area contributed by atoms with E-state index in [9.17, 15) is 5.11 Å². The van der Waals surface area contributed by atoms with Crippen molar-refractivity contribution in [3.8, 4) is 11.9 Å². The van der Waals surface area contributed by atoms with Crippen molar-refractivity contribution in [2.24, 2.45) is 0 Å². The Hall–Kier alpha value is -1.36. The van der Waals surface area contributed by atoms with Gasteiger partial charge in [-0.3, -0.25) is 0 Å². The van der Waals surface area contributed by atoms with Gasteiger partial charge in [0.15, 0.2) is 0 Å². The molecule has 2 N–H and O–H groups in total. The molecule has 5 heteroatoms. The van der Waals surface area contributed by atoms with Gasteiger partial charge in [0.25, 0.3) is 0 Å². The molecule has 0 atom stereocenters. The van der Waals surface area contributed by atoms with Crippen LogP contribution in [0.4, 0.5) is 0 Å². The maximum atomic E-state index is 9.39. The molecule has 0 saturated carbocycles. The summed E-state index contributed by atoms with van der Waals surface area (Å²) in [5.41, 5.74) is 1.48. The zero-order valence-electron chi connectivity index (χ0n) is 7.36. The SMILES string of the molecule is CN1CCc2c(O)nc(O)nc2C1. The third-order valence-electron chi connectivity index (χ3n) is 2.22. The van der Waals surface area contributed by atoms with Crippen molar-refractivity contribution < 1.29 is 10.2 Å². The fraction of sp³-hybridized carbons (Fsp3) is 0.500. The van der Waals surface area contributed by atoms with Crippen LogP contribution >= 0.6 is 0 Å². The lowest BCUT2D eigenvalue weighted by atomic mass is 10.1. The average molecular weight is 181 g/mol. The van der Waals surface area contributed by atoms with Crippen molar-refractivity contribution in [2.75, 3.05) is 13.6 Å². The highest BCUT2D eigenvalue weighted by atomic mass is 16.3. The Labute approximate surface area is 75.7 Å². The van der Waals surface area contributed by atoms with Gasteiger partial charge >= 0.3 is 6.01 Å². The summed E-state index contributed by atoms with van der Waals surface area (Å²) < 4.78 is 0. The molecule has 70 valence electrons. The topological polar surface area (TPSA) is 69.5 Å². The first-order valence-corrected chi connectivity index (χ1v) is 4.13. The van der Waals surface area contributed by atoms with Crippen LogP contribution in [-0.2, 0) is 13.0 Å². The van der Waals surface area contributed by atoms with Crippen LogP contribution in [0, 0.1) is 0 Å². The van der Waals surface area contributed by atoms with Gasteiger partial charge in [-0.15, -0.1) is 0 Å². The fourth-order valence-electron chi connectivity index (χ4n) is 1.53. The molecule has 0 aliphatic carbocycles. The second-order valence-electron chi connectivity index (χ2n) is 3.26. The molecule has 5 nitrogen and oxygen atoms in total. The molecule has 0 saturated heterocycles. The van der Waals surface area contributed by atoms with Crippen molar-refractivity contribution in [3.05, 3.63) is 11.3 Å². The van der Waals surface area contributed by atoms with Crippen LogP contribution in [0.15, 0.2) is 0 Å². The summed E-state index contributed by atoms with van der Waals surface area (Å²) in [7, 11) is 1.97. The largest absolute Gasteiger partial charge is 0.493 e. The van der Waals surface area contributed by atoms with Gasteiger partial charge in [0.05, 0.1) is 5.69 Å². The molecule has 2 heterocycles. The van der Waals surface area contributed by atoms with Crippen molar-refractivity contribution in [1.82, 2.24) is 14.9 Å². The summed E-state index contributed by atoms with van der Waals surface area (Å²) in [5.74, 6) is -0.0874. The monoisotopic (exact) mass is 181 g/mol. The van der Waals surface area contributed by atoms with Gasteiger partial charge in [0.2, 0.25) is 5.88 Å². The molecule has 0 amide bonds. The molecule has 0 unspecified atom stereocenters. The van der Waals surface area contributed by atoms with Gasteiger partial charge in [-0.25, -0.2) is 0 Å². The van der Waals surface area contributed by atoms with E-state index in [4.69, 9.17) is 5.11 Å². The standard InChI is InChI=1S/C8H11N3O2/c1-11-3-2-5-6(4-11)9-8(13)10-7(5)12/h2-4H2,1H3,(H2,9,10,12,13). The van der Waals surface area contributed by atoms with Crippen LogP contribution in [0.1, 0.15) is 11.3 Å². The number of rotatable bonds is 0. The Morgan fingerprint density at radius 1 is 1.31 bits per heavy atom.